The topological polar surface area (TPSA) is 195 Å². The second-order valence-electron chi connectivity index (χ2n) is 12.2. The van der Waals surface area contributed by atoms with E-state index in [0.717, 1.165) is 58.0 Å². The van der Waals surface area contributed by atoms with Gasteiger partial charge in [-0.15, -0.1) is 0 Å². The average molecular weight is 713 g/mol. The molecular formula is C33H49N2O13P+2. The van der Waals surface area contributed by atoms with Gasteiger partial charge in [0.25, 0.3) is 12.5 Å². The van der Waals surface area contributed by atoms with Crippen LogP contribution in [0.3, 0.4) is 0 Å². The predicted octanol–water partition coefficient (Wildman–Crippen LogP) is 2.45. The third-order valence-corrected chi connectivity index (χ3v) is 9.33. The van der Waals surface area contributed by atoms with E-state index in [0.29, 0.717) is 0 Å². The highest BCUT2D eigenvalue weighted by Crippen LogP contribution is 2.50. The molecule has 4 heterocycles. The van der Waals surface area contributed by atoms with E-state index >= 15 is 0 Å². The molecule has 15 nitrogen and oxygen atoms in total. The lowest BCUT2D eigenvalue weighted by atomic mass is 10.2. The molecule has 0 bridgehead atoms. The molecule has 2 aliphatic rings. The van der Waals surface area contributed by atoms with E-state index < -0.39 is 69.0 Å². The molecule has 4 rings (SSSR count). The molecule has 0 spiro atoms. The summed E-state index contributed by atoms with van der Waals surface area (Å²) in [7, 11) is -4.21. The molecule has 0 radical (unpaired) electrons. The van der Waals surface area contributed by atoms with E-state index in [-0.39, 0.29) is 24.3 Å². The lowest BCUT2D eigenvalue weighted by molar-refractivity contribution is -0.767. The van der Waals surface area contributed by atoms with Crippen LogP contribution in [0.4, 0.5) is 0 Å². The number of aliphatic hydroxyl groups is 4. The van der Waals surface area contributed by atoms with Crippen LogP contribution in [0, 0.1) is 0 Å². The molecule has 0 aliphatic carbocycles. The first-order chi connectivity index (χ1) is 23.5. The van der Waals surface area contributed by atoms with Crippen LogP contribution in [0.15, 0.2) is 49.1 Å². The smallest absolute Gasteiger partial charge is 0.344 e. The zero-order chi connectivity index (χ0) is 35.6. The zero-order valence-electron chi connectivity index (χ0n) is 28.1. The molecule has 2 saturated heterocycles. The maximum absolute atomic E-state index is 13.4. The van der Waals surface area contributed by atoms with Crippen LogP contribution in [-0.2, 0) is 32.6 Å². The molecule has 2 aromatic heterocycles. The quantitative estimate of drug-likeness (QED) is 0.0763. The number of nitrogens with zero attached hydrogens (tertiary/aromatic N) is 2. The number of carbonyl (C=O) groups excluding carboxylic acids is 2. The van der Waals surface area contributed by atoms with Crippen molar-refractivity contribution in [2.75, 3.05) is 19.9 Å². The monoisotopic (exact) mass is 712 g/mol. The van der Waals surface area contributed by atoms with Gasteiger partial charge in [0.15, 0.2) is 37.0 Å². The molecular weight excluding hydrogens is 663 g/mol. The summed E-state index contributed by atoms with van der Waals surface area (Å²) >= 11 is 0. The maximum atomic E-state index is 13.4. The average Bonchev–Trinajstić information content (AvgIpc) is 3.52. The van der Waals surface area contributed by atoms with Crippen LogP contribution in [0.2, 0.25) is 0 Å². The first-order valence-corrected chi connectivity index (χ1v) is 18.8. The van der Waals surface area contributed by atoms with Gasteiger partial charge in [0.05, 0.1) is 13.2 Å². The Bertz CT molecular complexity index is 1330. The highest BCUT2D eigenvalue weighted by molar-refractivity contribution is 7.53. The molecule has 8 atom stereocenters. The second-order valence-corrected chi connectivity index (χ2v) is 14.2. The summed E-state index contributed by atoms with van der Waals surface area (Å²) in [6, 6.07) is 6.16. The van der Waals surface area contributed by atoms with Crippen molar-refractivity contribution < 1.29 is 71.7 Å². The minimum Gasteiger partial charge on any atom is -0.462 e. The van der Waals surface area contributed by atoms with Gasteiger partial charge in [-0.2, -0.15) is 9.13 Å². The van der Waals surface area contributed by atoms with E-state index in [9.17, 15) is 34.6 Å². The number of unbranched alkanes of at least 4 members (excludes halogenated alkanes) is 6. The number of rotatable bonds is 18. The van der Waals surface area contributed by atoms with Gasteiger partial charge in [-0.25, -0.2) is 9.59 Å². The van der Waals surface area contributed by atoms with Crippen LogP contribution < -0.4 is 9.13 Å². The van der Waals surface area contributed by atoms with Gasteiger partial charge in [0.2, 0.25) is 12.6 Å². The predicted molar refractivity (Wildman–Crippen MR) is 170 cm³/mol. The molecule has 2 aliphatic heterocycles. The lowest BCUT2D eigenvalue weighted by Crippen LogP contribution is -2.46. The van der Waals surface area contributed by atoms with Crippen LogP contribution in [0.25, 0.3) is 0 Å². The molecule has 0 amide bonds. The summed E-state index contributed by atoms with van der Waals surface area (Å²) < 4.78 is 49.1. The number of hydrogen-bond donors (Lipinski definition) is 4. The third-order valence-electron chi connectivity index (χ3n) is 8.15. The molecule has 16 heteroatoms. The standard InChI is InChI=1S/C33H49N2O13P/c1-4-6-8-10-18-43-30(40)22-14-12-16-34(20-22)28-24(36)26(38)32(45-28)47-49(3,42)48-33-27(39)25(37)29(46-33)35-17-13-15-23(21-35)31(41)44-19-11-9-7-5-2/h12-17,20-21,24-29,32-33,36-39H,4-11,18-19H2,1-3H3/q+2/t24-,25-,26+,27+,28+,29+,32+,33+/m0/s1. The Balaban J connectivity index is 1.34. The van der Waals surface area contributed by atoms with Crippen LogP contribution in [0.1, 0.15) is 98.4 Å². The zero-order valence-corrected chi connectivity index (χ0v) is 29.0. The Kier molecular flexibility index (Phi) is 14.6. The number of hydrogen-bond acceptors (Lipinski definition) is 13. The van der Waals surface area contributed by atoms with Crippen molar-refractivity contribution in [3.05, 3.63) is 60.2 Å². The van der Waals surface area contributed by atoms with Crippen LogP contribution in [-0.4, -0.2) is 89.2 Å². The van der Waals surface area contributed by atoms with Crippen molar-refractivity contribution in [3.8, 4) is 0 Å². The molecule has 0 aromatic carbocycles. The van der Waals surface area contributed by atoms with E-state index in [4.69, 9.17) is 28.0 Å². The number of esters is 2. The summed E-state index contributed by atoms with van der Waals surface area (Å²) in [5.41, 5.74) is 0.390. The van der Waals surface area contributed by atoms with Gasteiger partial charge >= 0.3 is 19.5 Å². The Morgan fingerprint density at radius 2 is 1.10 bits per heavy atom. The van der Waals surface area contributed by atoms with E-state index in [2.05, 4.69) is 13.8 Å². The van der Waals surface area contributed by atoms with Gasteiger partial charge in [-0.05, 0) is 25.0 Å². The number of pyridine rings is 2. The first kappa shape index (κ1) is 38.9. The summed E-state index contributed by atoms with van der Waals surface area (Å²) in [5.74, 6) is -1.12. The molecule has 2 fully saturated rings. The van der Waals surface area contributed by atoms with Gasteiger partial charge in [-0.1, -0.05) is 52.4 Å². The lowest BCUT2D eigenvalue weighted by Gasteiger charge is -2.23. The summed E-state index contributed by atoms with van der Waals surface area (Å²) in [5, 5.41) is 42.8. The molecule has 4 N–H and O–H groups in total. The Morgan fingerprint density at radius 1 is 0.694 bits per heavy atom. The van der Waals surface area contributed by atoms with Crippen LogP contribution >= 0.6 is 7.60 Å². The third kappa shape index (κ3) is 10.6. The Morgan fingerprint density at radius 3 is 1.49 bits per heavy atom. The van der Waals surface area contributed by atoms with Crippen molar-refractivity contribution in [2.45, 2.75) is 115 Å². The normalized spacial score (nSPS) is 26.9. The van der Waals surface area contributed by atoms with Gasteiger partial charge in [-0.3, -0.25) is 23.1 Å². The summed E-state index contributed by atoms with van der Waals surface area (Å²) in [6.07, 6.45) is 1.16. The van der Waals surface area contributed by atoms with E-state index in [1.54, 1.807) is 12.1 Å². The highest BCUT2D eigenvalue weighted by Gasteiger charge is 2.54. The fraction of sp³-hybridized carbons (Fsp3) is 0.636. The highest BCUT2D eigenvalue weighted by atomic mass is 31.2. The van der Waals surface area contributed by atoms with Crippen LogP contribution in [0.5, 0.6) is 0 Å². The minimum atomic E-state index is -4.21. The van der Waals surface area contributed by atoms with Crippen molar-refractivity contribution in [1.82, 2.24) is 0 Å². The molecule has 0 saturated carbocycles. The Hall–Kier alpha value is -2.85. The van der Waals surface area contributed by atoms with Gasteiger partial charge in [0.1, 0.15) is 23.3 Å². The largest absolute Gasteiger partial charge is 0.462 e. The van der Waals surface area contributed by atoms with Gasteiger partial charge < -0.3 is 29.9 Å². The fourth-order valence-corrected chi connectivity index (χ4v) is 6.58. The van der Waals surface area contributed by atoms with Crippen molar-refractivity contribution in [1.29, 1.82) is 0 Å². The SMILES string of the molecule is CCCCCCOC(=O)c1ccc[n+]([C@@H]2O[C@H](OP(C)(=O)O[C@H]3O[C@@H]([n+]4cccc(C(=O)OCCCCCC)c4)[C@@H](O)[C@H]3O)[C@H](O)[C@@H]2O)c1. The van der Waals surface area contributed by atoms with Crippen molar-refractivity contribution in [3.63, 3.8) is 0 Å². The maximum Gasteiger partial charge on any atom is 0.344 e. The molecule has 272 valence electrons. The second kappa shape index (κ2) is 18.4. The van der Waals surface area contributed by atoms with E-state index in [1.807, 2.05) is 0 Å². The minimum absolute atomic E-state index is 0.195. The molecule has 2 aromatic rings. The Labute approximate surface area is 285 Å². The van der Waals surface area contributed by atoms with E-state index in [1.165, 1.54) is 46.1 Å². The number of carbonyl (C=O) groups is 2. The molecule has 0 unspecified atom stereocenters. The number of aliphatic hydroxyl groups excluding tert-OH is 4. The number of ether oxygens (including phenoxy) is 4. The summed E-state index contributed by atoms with van der Waals surface area (Å²) in [6.45, 7) is 5.76. The van der Waals surface area contributed by atoms with Crippen molar-refractivity contribution in [2.24, 2.45) is 0 Å². The fourth-order valence-electron chi connectivity index (χ4n) is 5.42. The summed E-state index contributed by atoms with van der Waals surface area (Å²) in [4.78, 5) is 25.1. The number of aromatic nitrogens is 2. The first-order valence-electron chi connectivity index (χ1n) is 16.8. The van der Waals surface area contributed by atoms with Crippen molar-refractivity contribution >= 4 is 19.5 Å². The molecule has 49 heavy (non-hydrogen) atoms. The van der Waals surface area contributed by atoms with Gasteiger partial charge in [0, 0.05) is 18.8 Å².